The van der Waals surface area contributed by atoms with Crippen LogP contribution < -0.4 is 26.2 Å². The molecule has 0 fully saturated rings. The third-order valence-corrected chi connectivity index (χ3v) is 20.0. The average Bonchev–Trinajstić information content (AvgIpc) is 0.999. The van der Waals surface area contributed by atoms with Gasteiger partial charge in [0, 0.05) is 61.7 Å². The Hall–Kier alpha value is -9.32. The highest BCUT2D eigenvalue weighted by Crippen LogP contribution is 2.50. The van der Waals surface area contributed by atoms with Crippen LogP contribution in [0.4, 0.5) is 34.1 Å². The summed E-state index contributed by atoms with van der Waals surface area (Å²) in [5.41, 5.74) is 28.9. The summed E-state index contributed by atoms with van der Waals surface area (Å²) in [4.78, 5) is 5.12. The molecule has 0 radical (unpaired) electrons. The number of anilines is 6. The molecule has 0 N–H and O–H groups in total. The Balaban J connectivity index is 0.984. The van der Waals surface area contributed by atoms with E-state index in [1.165, 1.54) is 112 Å². The summed E-state index contributed by atoms with van der Waals surface area (Å²) in [6.07, 6.45) is 2.37. The molecule has 0 unspecified atom stereocenters. The first-order chi connectivity index (χ1) is 41.9. The summed E-state index contributed by atoms with van der Waals surface area (Å²) in [5, 5.41) is 4.68. The number of fused-ring (bicyclic) bond motifs is 11. The van der Waals surface area contributed by atoms with Crippen molar-refractivity contribution >= 4 is 101 Å². The molecule has 0 amide bonds. The van der Waals surface area contributed by atoms with Gasteiger partial charge in [0.25, 0.3) is 6.71 Å². The SMILES string of the molecule is CC(C)(C)c1ccc(-c2ccc3c(c2)B2c4cc(-c5ccc(C(C)(C)C)cc5)ccc4N(c4ccc5c(c4)oc4ccccc45)c4cc(-n5c6ccccc6c6ccccc65)cc(c42)N3c2ccc(-c3ccc4c(c3)C(C)(C)CCC4(C)C)cc2)cc1. The largest absolute Gasteiger partial charge is 0.456 e. The predicted molar refractivity (Wildman–Crippen MR) is 371 cm³/mol. The van der Waals surface area contributed by atoms with E-state index in [9.17, 15) is 0 Å². The molecular formula is C82H72BN3O. The fourth-order valence-corrected chi connectivity index (χ4v) is 15.0. The number of hydrogen-bond acceptors (Lipinski definition) is 3. The van der Waals surface area contributed by atoms with Crippen molar-refractivity contribution in [3.05, 3.63) is 253 Å². The van der Waals surface area contributed by atoms with Gasteiger partial charge < -0.3 is 18.8 Å². The lowest BCUT2D eigenvalue weighted by Gasteiger charge is -2.44. The van der Waals surface area contributed by atoms with E-state index in [4.69, 9.17) is 4.42 Å². The molecule has 11 aromatic carbocycles. The normalized spacial score (nSPS) is 15.0. The first-order valence-electron chi connectivity index (χ1n) is 31.3. The van der Waals surface area contributed by atoms with Gasteiger partial charge in [-0.3, -0.25) is 0 Å². The van der Waals surface area contributed by atoms with Crippen molar-refractivity contribution < 1.29 is 4.42 Å². The Labute approximate surface area is 512 Å². The van der Waals surface area contributed by atoms with Gasteiger partial charge in [0.15, 0.2) is 0 Å². The molecule has 87 heavy (non-hydrogen) atoms. The van der Waals surface area contributed by atoms with Crippen LogP contribution in [-0.4, -0.2) is 11.3 Å². The van der Waals surface area contributed by atoms with E-state index in [0.717, 1.165) is 56.1 Å². The molecule has 0 saturated carbocycles. The number of rotatable bonds is 6. The van der Waals surface area contributed by atoms with Gasteiger partial charge in [0.05, 0.1) is 16.7 Å². The molecule has 1 aliphatic carbocycles. The number of hydrogen-bond donors (Lipinski definition) is 0. The monoisotopic (exact) mass is 1130 g/mol. The van der Waals surface area contributed by atoms with Crippen molar-refractivity contribution in [2.45, 2.75) is 104 Å². The van der Waals surface area contributed by atoms with Crippen LogP contribution in [0, 0.1) is 0 Å². The van der Waals surface area contributed by atoms with Crippen molar-refractivity contribution in [3.8, 4) is 39.1 Å². The predicted octanol–water partition coefficient (Wildman–Crippen LogP) is 20.7. The average molecular weight is 1130 g/mol. The molecule has 0 bridgehead atoms. The molecule has 424 valence electrons. The topological polar surface area (TPSA) is 24.6 Å². The quantitative estimate of drug-likeness (QED) is 0.155. The highest BCUT2D eigenvalue weighted by molar-refractivity contribution is 7.00. The van der Waals surface area contributed by atoms with Gasteiger partial charge in [-0.05, 0) is 173 Å². The number of para-hydroxylation sites is 3. The van der Waals surface area contributed by atoms with Crippen molar-refractivity contribution in [1.82, 2.24) is 4.57 Å². The summed E-state index contributed by atoms with van der Waals surface area (Å²) in [7, 11) is 0. The molecule has 5 heteroatoms. The molecule has 4 heterocycles. The molecule has 4 nitrogen and oxygen atoms in total. The van der Waals surface area contributed by atoms with Crippen molar-refractivity contribution in [2.75, 3.05) is 9.80 Å². The number of nitrogens with zero attached hydrogens (tertiary/aromatic N) is 3. The van der Waals surface area contributed by atoms with Gasteiger partial charge in [-0.1, -0.05) is 227 Å². The second-order valence-corrected chi connectivity index (χ2v) is 28.4. The van der Waals surface area contributed by atoms with E-state index < -0.39 is 0 Å². The minimum Gasteiger partial charge on any atom is -0.456 e. The lowest BCUT2D eigenvalue weighted by molar-refractivity contribution is 0.332. The summed E-state index contributed by atoms with van der Waals surface area (Å²) < 4.78 is 9.27. The molecule has 2 aromatic heterocycles. The van der Waals surface area contributed by atoms with Crippen LogP contribution in [0.25, 0.3) is 82.8 Å². The van der Waals surface area contributed by atoms with E-state index in [0.29, 0.717) is 0 Å². The van der Waals surface area contributed by atoms with Crippen molar-refractivity contribution in [2.24, 2.45) is 0 Å². The summed E-state index contributed by atoms with van der Waals surface area (Å²) in [6.45, 7) is 23.3. The maximum atomic E-state index is 6.78. The second kappa shape index (κ2) is 19.1. The molecule has 0 saturated heterocycles. The second-order valence-electron chi connectivity index (χ2n) is 28.4. The van der Waals surface area contributed by atoms with Crippen LogP contribution in [0.15, 0.2) is 235 Å². The first-order valence-corrected chi connectivity index (χ1v) is 31.3. The highest BCUT2D eigenvalue weighted by atomic mass is 16.3. The van der Waals surface area contributed by atoms with E-state index >= 15 is 0 Å². The third-order valence-electron chi connectivity index (χ3n) is 20.0. The van der Waals surface area contributed by atoms with Crippen LogP contribution >= 0.6 is 0 Å². The van der Waals surface area contributed by atoms with Crippen LogP contribution in [0.1, 0.15) is 104 Å². The number of aromatic nitrogens is 1. The van der Waals surface area contributed by atoms with Gasteiger partial charge in [0.1, 0.15) is 11.2 Å². The van der Waals surface area contributed by atoms with E-state index in [1.807, 2.05) is 0 Å². The lowest BCUT2D eigenvalue weighted by atomic mass is 9.33. The number of benzene rings is 11. The van der Waals surface area contributed by atoms with Gasteiger partial charge in [0.2, 0.25) is 0 Å². The maximum Gasteiger partial charge on any atom is 0.252 e. The zero-order valence-corrected chi connectivity index (χ0v) is 51.7. The molecule has 0 spiro atoms. The Morgan fingerprint density at radius 1 is 0.356 bits per heavy atom. The number of furan rings is 1. The first kappa shape index (κ1) is 53.2. The minimum absolute atomic E-state index is 0.0342. The van der Waals surface area contributed by atoms with Crippen LogP contribution in [0.2, 0.25) is 0 Å². The highest BCUT2D eigenvalue weighted by Gasteiger charge is 2.45. The fraction of sp³-hybridized carbons (Fsp3) is 0.195. The van der Waals surface area contributed by atoms with E-state index in [2.05, 4.69) is 314 Å². The molecule has 0 atom stereocenters. The van der Waals surface area contributed by atoms with Gasteiger partial charge in [-0.2, -0.15) is 0 Å². The van der Waals surface area contributed by atoms with Gasteiger partial charge in [-0.15, -0.1) is 0 Å². The summed E-state index contributed by atoms with van der Waals surface area (Å²) >= 11 is 0. The molecular weight excluding hydrogens is 1050 g/mol. The Bertz CT molecular complexity index is 4890. The zero-order chi connectivity index (χ0) is 59.5. The van der Waals surface area contributed by atoms with Gasteiger partial charge >= 0.3 is 0 Å². The van der Waals surface area contributed by atoms with Crippen LogP contribution in [0.5, 0.6) is 0 Å². The minimum atomic E-state index is -0.153. The van der Waals surface area contributed by atoms with Crippen LogP contribution in [-0.2, 0) is 21.7 Å². The Morgan fingerprint density at radius 3 is 1.34 bits per heavy atom. The smallest absolute Gasteiger partial charge is 0.252 e. The zero-order valence-electron chi connectivity index (χ0n) is 51.7. The molecule has 2 aliphatic heterocycles. The van der Waals surface area contributed by atoms with Crippen molar-refractivity contribution in [1.29, 1.82) is 0 Å². The molecule has 3 aliphatic rings. The van der Waals surface area contributed by atoms with Gasteiger partial charge in [-0.25, -0.2) is 0 Å². The van der Waals surface area contributed by atoms with E-state index in [1.54, 1.807) is 0 Å². The van der Waals surface area contributed by atoms with Crippen LogP contribution in [0.3, 0.4) is 0 Å². The standard InChI is InChI=1S/C82H72BN3O/c1-79(2,3)57-32-23-51(24-33-57)55-30-41-72-68(46-55)83-69-47-56(52-25-34-58(35-26-52)80(4,5)6)31-42-73(69)85(60-38-39-65-64-19-13-16-22-76(64)87-77(65)50-60)75-49-61(86-70-20-14-11-17-62(70)63-18-12-15-21-71(63)86)48-74(78(75)83)84(72)59-36-27-53(28-37-59)54-29-40-66-67(45-54)82(9,10)44-43-81(66,7)8/h11-42,45-50H,43-44H2,1-10H3. The lowest BCUT2D eigenvalue weighted by Crippen LogP contribution is -2.61. The summed E-state index contributed by atoms with van der Waals surface area (Å²) in [5.74, 6) is 0. The van der Waals surface area contributed by atoms with E-state index in [-0.39, 0.29) is 28.4 Å². The third kappa shape index (κ3) is 8.47. The maximum absolute atomic E-state index is 6.78. The fourth-order valence-electron chi connectivity index (χ4n) is 15.0. The molecule has 16 rings (SSSR count). The molecule has 13 aromatic rings. The Morgan fingerprint density at radius 2 is 0.793 bits per heavy atom. The summed E-state index contributed by atoms with van der Waals surface area (Å²) in [6, 6.07) is 87.9. The Kier molecular flexibility index (Phi) is 11.7. The van der Waals surface area contributed by atoms with Crippen molar-refractivity contribution in [3.63, 3.8) is 0 Å².